The van der Waals surface area contributed by atoms with Crippen LogP contribution in [0.1, 0.15) is 39.3 Å². The maximum Gasteiger partial charge on any atom is 0.254 e. The van der Waals surface area contributed by atoms with Crippen molar-refractivity contribution in [2.45, 2.75) is 46.6 Å². The van der Waals surface area contributed by atoms with Crippen LogP contribution in [0.4, 0.5) is 4.39 Å². The predicted molar refractivity (Wildman–Crippen MR) is 100 cm³/mol. The van der Waals surface area contributed by atoms with Gasteiger partial charge in [-0.1, -0.05) is 32.9 Å². The minimum Gasteiger partial charge on any atom is -0.341 e. The van der Waals surface area contributed by atoms with Crippen molar-refractivity contribution in [3.05, 3.63) is 52.2 Å². The number of nitrogens with zero attached hydrogens (tertiary/aromatic N) is 3. The molecule has 2 rings (SSSR count). The Morgan fingerprint density at radius 1 is 1.15 bits per heavy atom. The molecule has 5 nitrogen and oxygen atoms in total. The zero-order valence-electron chi connectivity index (χ0n) is 15.7. The molecular weight excluding hydrogens is 333 g/mol. The van der Waals surface area contributed by atoms with Gasteiger partial charge in [0.25, 0.3) is 5.56 Å². The molecule has 0 bridgehead atoms. The van der Waals surface area contributed by atoms with Crippen molar-refractivity contribution >= 4 is 5.91 Å². The molecule has 0 fully saturated rings. The standard InChI is InChI=1S/C20H26FN3O2/c1-4-10-23(11-5-2)19(26)14-24-18(25)13-17(6-3)22-20(24)15-8-7-9-16(21)12-15/h7-9,12-13H,4-6,10-11,14H2,1-3H3. The summed E-state index contributed by atoms with van der Waals surface area (Å²) >= 11 is 0. The van der Waals surface area contributed by atoms with E-state index in [-0.39, 0.29) is 18.0 Å². The number of aromatic nitrogens is 2. The highest BCUT2D eigenvalue weighted by Gasteiger charge is 2.17. The number of benzene rings is 1. The molecule has 0 spiro atoms. The fourth-order valence-corrected chi connectivity index (χ4v) is 2.87. The highest BCUT2D eigenvalue weighted by Crippen LogP contribution is 2.18. The van der Waals surface area contributed by atoms with Crippen LogP contribution in [0.15, 0.2) is 35.1 Å². The fourth-order valence-electron chi connectivity index (χ4n) is 2.87. The van der Waals surface area contributed by atoms with E-state index in [4.69, 9.17) is 0 Å². The molecule has 140 valence electrons. The van der Waals surface area contributed by atoms with Gasteiger partial charge in [0.15, 0.2) is 0 Å². The van der Waals surface area contributed by atoms with Crippen molar-refractivity contribution in [2.75, 3.05) is 13.1 Å². The molecule has 1 aromatic heterocycles. The minimum absolute atomic E-state index is 0.0956. The number of aryl methyl sites for hydroxylation is 1. The number of halogens is 1. The van der Waals surface area contributed by atoms with Crippen LogP contribution in [0, 0.1) is 5.82 Å². The third-order valence-electron chi connectivity index (χ3n) is 4.14. The van der Waals surface area contributed by atoms with Crippen molar-refractivity contribution in [3.8, 4) is 11.4 Å². The Balaban J connectivity index is 2.47. The lowest BCUT2D eigenvalue weighted by Gasteiger charge is -2.23. The van der Waals surface area contributed by atoms with Crippen LogP contribution in [0.3, 0.4) is 0 Å². The van der Waals surface area contributed by atoms with Gasteiger partial charge >= 0.3 is 0 Å². The molecule has 26 heavy (non-hydrogen) atoms. The molecular formula is C20H26FN3O2. The van der Waals surface area contributed by atoms with Crippen LogP contribution in [0.5, 0.6) is 0 Å². The lowest BCUT2D eigenvalue weighted by Crippen LogP contribution is -2.38. The maximum atomic E-state index is 13.7. The minimum atomic E-state index is -0.407. The van der Waals surface area contributed by atoms with Crippen molar-refractivity contribution in [2.24, 2.45) is 0 Å². The zero-order chi connectivity index (χ0) is 19.1. The third kappa shape index (κ3) is 4.77. The molecule has 0 unspecified atom stereocenters. The lowest BCUT2D eigenvalue weighted by molar-refractivity contribution is -0.132. The Morgan fingerprint density at radius 3 is 2.42 bits per heavy atom. The summed E-state index contributed by atoms with van der Waals surface area (Å²) in [6, 6.07) is 7.38. The van der Waals surface area contributed by atoms with Gasteiger partial charge in [-0.3, -0.25) is 14.2 Å². The molecule has 1 heterocycles. The average Bonchev–Trinajstić information content (AvgIpc) is 2.62. The first-order valence-electron chi connectivity index (χ1n) is 9.14. The summed E-state index contributed by atoms with van der Waals surface area (Å²) in [5.74, 6) is -0.204. The normalized spacial score (nSPS) is 10.8. The first-order chi connectivity index (χ1) is 12.5. The molecule has 1 aromatic carbocycles. The van der Waals surface area contributed by atoms with Gasteiger partial charge in [0.05, 0.1) is 0 Å². The Kier molecular flexibility index (Phi) is 7.06. The predicted octanol–water partition coefficient (Wildman–Crippen LogP) is 3.26. The summed E-state index contributed by atoms with van der Waals surface area (Å²) in [5.41, 5.74) is 0.817. The van der Waals surface area contributed by atoms with Gasteiger partial charge in [-0.05, 0) is 31.4 Å². The number of carbonyl (C=O) groups excluding carboxylic acids is 1. The van der Waals surface area contributed by atoms with E-state index in [0.717, 1.165) is 12.8 Å². The Hall–Kier alpha value is -2.50. The number of hydrogen-bond acceptors (Lipinski definition) is 3. The van der Waals surface area contributed by atoms with E-state index >= 15 is 0 Å². The van der Waals surface area contributed by atoms with E-state index in [1.165, 1.54) is 22.8 Å². The zero-order valence-corrected chi connectivity index (χ0v) is 15.7. The molecule has 0 N–H and O–H groups in total. The monoisotopic (exact) mass is 359 g/mol. The van der Waals surface area contributed by atoms with Gasteiger partial charge in [-0.2, -0.15) is 0 Å². The Bertz CT molecular complexity index is 811. The van der Waals surface area contributed by atoms with Gasteiger partial charge in [-0.25, -0.2) is 9.37 Å². The van der Waals surface area contributed by atoms with E-state index in [2.05, 4.69) is 4.98 Å². The summed E-state index contributed by atoms with van der Waals surface area (Å²) in [7, 11) is 0. The molecule has 2 aromatic rings. The lowest BCUT2D eigenvalue weighted by atomic mass is 10.2. The SMILES string of the molecule is CCCN(CCC)C(=O)Cn1c(-c2cccc(F)c2)nc(CC)cc1=O. The topological polar surface area (TPSA) is 55.2 Å². The van der Waals surface area contributed by atoms with E-state index in [9.17, 15) is 14.0 Å². The van der Waals surface area contributed by atoms with Crippen LogP contribution in [0.2, 0.25) is 0 Å². The van der Waals surface area contributed by atoms with E-state index in [0.29, 0.717) is 36.6 Å². The van der Waals surface area contributed by atoms with Crippen molar-refractivity contribution < 1.29 is 9.18 Å². The average molecular weight is 359 g/mol. The van der Waals surface area contributed by atoms with Gasteiger partial charge in [-0.15, -0.1) is 0 Å². The largest absolute Gasteiger partial charge is 0.341 e. The van der Waals surface area contributed by atoms with Crippen LogP contribution < -0.4 is 5.56 Å². The number of amides is 1. The molecule has 1 amide bonds. The fraction of sp³-hybridized carbons (Fsp3) is 0.450. The highest BCUT2D eigenvalue weighted by atomic mass is 19.1. The molecule has 0 atom stereocenters. The smallest absolute Gasteiger partial charge is 0.254 e. The van der Waals surface area contributed by atoms with Gasteiger partial charge < -0.3 is 4.90 Å². The van der Waals surface area contributed by atoms with E-state index in [1.54, 1.807) is 17.0 Å². The summed E-state index contributed by atoms with van der Waals surface area (Å²) < 4.78 is 15.0. The second-order valence-electron chi connectivity index (χ2n) is 6.24. The third-order valence-corrected chi connectivity index (χ3v) is 4.14. The molecule has 0 aliphatic carbocycles. The van der Waals surface area contributed by atoms with Crippen molar-refractivity contribution in [1.82, 2.24) is 14.5 Å². The van der Waals surface area contributed by atoms with Gasteiger partial charge in [0.1, 0.15) is 18.2 Å². The first-order valence-corrected chi connectivity index (χ1v) is 9.14. The van der Waals surface area contributed by atoms with Gasteiger partial charge in [0.2, 0.25) is 5.91 Å². The Morgan fingerprint density at radius 2 is 1.85 bits per heavy atom. The van der Waals surface area contributed by atoms with E-state index < -0.39 is 5.82 Å². The second kappa shape index (κ2) is 9.27. The van der Waals surface area contributed by atoms with Crippen LogP contribution in [-0.2, 0) is 17.8 Å². The molecule has 0 aliphatic heterocycles. The molecule has 0 aliphatic rings. The van der Waals surface area contributed by atoms with Crippen LogP contribution in [-0.4, -0.2) is 33.4 Å². The quantitative estimate of drug-likeness (QED) is 0.727. The van der Waals surface area contributed by atoms with Gasteiger partial charge in [0, 0.05) is 30.4 Å². The molecule has 0 radical (unpaired) electrons. The number of hydrogen-bond donors (Lipinski definition) is 0. The summed E-state index contributed by atoms with van der Waals surface area (Å²) in [4.78, 5) is 31.6. The summed E-state index contributed by atoms with van der Waals surface area (Å²) in [6.45, 7) is 7.13. The van der Waals surface area contributed by atoms with Crippen LogP contribution in [0.25, 0.3) is 11.4 Å². The molecule has 6 heteroatoms. The highest BCUT2D eigenvalue weighted by molar-refractivity contribution is 5.76. The van der Waals surface area contributed by atoms with Crippen molar-refractivity contribution in [3.63, 3.8) is 0 Å². The Labute approximate surface area is 153 Å². The molecule has 0 saturated carbocycles. The number of carbonyl (C=O) groups is 1. The maximum absolute atomic E-state index is 13.7. The summed E-state index contributed by atoms with van der Waals surface area (Å²) in [5, 5.41) is 0. The van der Waals surface area contributed by atoms with Crippen LogP contribution >= 0.6 is 0 Å². The summed E-state index contributed by atoms with van der Waals surface area (Å²) in [6.07, 6.45) is 2.29. The number of rotatable bonds is 8. The molecule has 0 saturated heterocycles. The van der Waals surface area contributed by atoms with Crippen molar-refractivity contribution in [1.29, 1.82) is 0 Å². The first kappa shape index (κ1) is 19.8. The second-order valence-corrected chi connectivity index (χ2v) is 6.24. The van der Waals surface area contributed by atoms with E-state index in [1.807, 2.05) is 20.8 Å².